The Morgan fingerprint density at radius 1 is 1.18 bits per heavy atom. The zero-order valence-corrected chi connectivity index (χ0v) is 13.2. The van der Waals surface area contributed by atoms with E-state index >= 15 is 0 Å². The van der Waals surface area contributed by atoms with E-state index < -0.39 is 0 Å². The van der Waals surface area contributed by atoms with Crippen LogP contribution in [0.15, 0.2) is 42.7 Å². The number of pyridine rings is 1. The Balaban J connectivity index is 2.00. The van der Waals surface area contributed by atoms with Gasteiger partial charge in [-0.25, -0.2) is 0 Å². The Bertz CT molecular complexity index is 625. The molecule has 1 amide bonds. The van der Waals surface area contributed by atoms with Crippen LogP contribution in [0.5, 0.6) is 0 Å². The SMILES string of the molecule is CCCCCNC(=O)c1cncc(Nc2ccccc2C)c1. The highest BCUT2D eigenvalue weighted by Crippen LogP contribution is 2.20. The summed E-state index contributed by atoms with van der Waals surface area (Å²) in [7, 11) is 0. The van der Waals surface area contributed by atoms with Crippen molar-refractivity contribution < 1.29 is 4.79 Å². The number of hydrogen-bond donors (Lipinski definition) is 2. The summed E-state index contributed by atoms with van der Waals surface area (Å²) in [6, 6.07) is 9.85. The Hall–Kier alpha value is -2.36. The summed E-state index contributed by atoms with van der Waals surface area (Å²) >= 11 is 0. The van der Waals surface area contributed by atoms with Crippen LogP contribution in [0.3, 0.4) is 0 Å². The lowest BCUT2D eigenvalue weighted by Crippen LogP contribution is -2.24. The van der Waals surface area contributed by atoms with Gasteiger partial charge in [-0.3, -0.25) is 9.78 Å². The minimum Gasteiger partial charge on any atom is -0.354 e. The molecule has 116 valence electrons. The fourth-order valence-corrected chi connectivity index (χ4v) is 2.18. The van der Waals surface area contributed by atoms with E-state index in [1.165, 1.54) is 0 Å². The number of amides is 1. The van der Waals surface area contributed by atoms with Gasteiger partial charge in [0.05, 0.1) is 17.4 Å². The van der Waals surface area contributed by atoms with Crippen LogP contribution >= 0.6 is 0 Å². The molecule has 0 saturated carbocycles. The van der Waals surface area contributed by atoms with Gasteiger partial charge in [-0.15, -0.1) is 0 Å². The highest BCUT2D eigenvalue weighted by molar-refractivity contribution is 5.94. The van der Waals surface area contributed by atoms with Gasteiger partial charge in [0.1, 0.15) is 0 Å². The number of aromatic nitrogens is 1. The van der Waals surface area contributed by atoms with Crippen LogP contribution in [0.4, 0.5) is 11.4 Å². The van der Waals surface area contributed by atoms with Crippen molar-refractivity contribution >= 4 is 17.3 Å². The molecule has 1 heterocycles. The molecule has 0 saturated heterocycles. The highest BCUT2D eigenvalue weighted by Gasteiger charge is 2.07. The highest BCUT2D eigenvalue weighted by atomic mass is 16.1. The second kappa shape index (κ2) is 8.17. The maximum atomic E-state index is 12.1. The van der Waals surface area contributed by atoms with E-state index in [1.54, 1.807) is 12.4 Å². The second-order valence-corrected chi connectivity index (χ2v) is 5.37. The Morgan fingerprint density at radius 2 is 2.00 bits per heavy atom. The summed E-state index contributed by atoms with van der Waals surface area (Å²) in [6.07, 6.45) is 6.61. The van der Waals surface area contributed by atoms with Crippen molar-refractivity contribution in [2.75, 3.05) is 11.9 Å². The molecule has 0 spiro atoms. The lowest BCUT2D eigenvalue weighted by molar-refractivity contribution is 0.0952. The summed E-state index contributed by atoms with van der Waals surface area (Å²) in [4.78, 5) is 16.3. The first-order chi connectivity index (χ1) is 10.7. The van der Waals surface area contributed by atoms with E-state index in [0.717, 1.165) is 36.2 Å². The maximum absolute atomic E-state index is 12.1. The smallest absolute Gasteiger partial charge is 0.252 e. The number of para-hydroxylation sites is 1. The number of unbranched alkanes of at least 4 members (excludes halogenated alkanes) is 2. The summed E-state index contributed by atoms with van der Waals surface area (Å²) in [6.45, 7) is 4.90. The van der Waals surface area contributed by atoms with E-state index in [1.807, 2.05) is 37.3 Å². The molecule has 4 heteroatoms. The number of carbonyl (C=O) groups excluding carboxylic acids is 1. The van der Waals surface area contributed by atoms with Gasteiger partial charge in [0.15, 0.2) is 0 Å². The van der Waals surface area contributed by atoms with Crippen LogP contribution in [0, 0.1) is 6.92 Å². The predicted octanol–water partition coefficient (Wildman–Crippen LogP) is 4.05. The third-order valence-corrected chi connectivity index (χ3v) is 3.49. The van der Waals surface area contributed by atoms with E-state index in [9.17, 15) is 4.79 Å². The Morgan fingerprint density at radius 3 is 2.77 bits per heavy atom. The number of hydrogen-bond acceptors (Lipinski definition) is 3. The predicted molar refractivity (Wildman–Crippen MR) is 90.6 cm³/mol. The first-order valence-corrected chi connectivity index (χ1v) is 7.76. The van der Waals surface area contributed by atoms with Crippen LogP contribution < -0.4 is 10.6 Å². The Labute approximate surface area is 132 Å². The molecular formula is C18H23N3O. The van der Waals surface area contributed by atoms with Crippen molar-refractivity contribution in [3.05, 3.63) is 53.9 Å². The van der Waals surface area contributed by atoms with Crippen molar-refractivity contribution in [2.45, 2.75) is 33.1 Å². The van der Waals surface area contributed by atoms with E-state index in [2.05, 4.69) is 22.5 Å². The molecule has 1 aromatic heterocycles. The van der Waals surface area contributed by atoms with Gasteiger partial charge >= 0.3 is 0 Å². The van der Waals surface area contributed by atoms with Crippen molar-refractivity contribution in [1.82, 2.24) is 10.3 Å². The molecule has 22 heavy (non-hydrogen) atoms. The standard InChI is InChI=1S/C18H23N3O/c1-3-4-7-10-20-18(22)15-11-16(13-19-12-15)21-17-9-6-5-8-14(17)2/h5-6,8-9,11-13,21H,3-4,7,10H2,1-2H3,(H,20,22). The average molecular weight is 297 g/mol. The summed E-state index contributed by atoms with van der Waals surface area (Å²) in [5, 5.41) is 6.23. The molecule has 2 aromatic rings. The van der Waals surface area contributed by atoms with Gasteiger partial charge in [-0.2, -0.15) is 0 Å². The molecule has 0 atom stereocenters. The number of nitrogens with one attached hydrogen (secondary N) is 2. The third kappa shape index (κ3) is 4.58. The van der Waals surface area contributed by atoms with Crippen LogP contribution in [-0.4, -0.2) is 17.4 Å². The molecule has 2 N–H and O–H groups in total. The summed E-state index contributed by atoms with van der Waals surface area (Å²) in [5.74, 6) is -0.0722. The lowest BCUT2D eigenvalue weighted by Gasteiger charge is -2.10. The zero-order chi connectivity index (χ0) is 15.8. The molecule has 0 unspecified atom stereocenters. The van der Waals surface area contributed by atoms with E-state index in [-0.39, 0.29) is 5.91 Å². The van der Waals surface area contributed by atoms with Crippen LogP contribution in [0.2, 0.25) is 0 Å². The van der Waals surface area contributed by atoms with Crippen molar-refractivity contribution in [2.24, 2.45) is 0 Å². The summed E-state index contributed by atoms with van der Waals surface area (Å²) in [5.41, 5.74) is 3.56. The molecule has 1 aromatic carbocycles. The number of nitrogens with zero attached hydrogens (tertiary/aromatic N) is 1. The molecular weight excluding hydrogens is 274 g/mol. The Kier molecular flexibility index (Phi) is 5.95. The normalized spacial score (nSPS) is 10.3. The van der Waals surface area contributed by atoms with Crippen molar-refractivity contribution in [3.8, 4) is 0 Å². The molecule has 0 aliphatic rings. The minimum absolute atomic E-state index is 0.0722. The molecule has 2 rings (SSSR count). The second-order valence-electron chi connectivity index (χ2n) is 5.37. The third-order valence-electron chi connectivity index (χ3n) is 3.49. The maximum Gasteiger partial charge on any atom is 0.252 e. The van der Waals surface area contributed by atoms with Crippen molar-refractivity contribution in [3.63, 3.8) is 0 Å². The number of aryl methyl sites for hydroxylation is 1. The minimum atomic E-state index is -0.0722. The van der Waals surface area contributed by atoms with E-state index in [4.69, 9.17) is 0 Å². The quantitative estimate of drug-likeness (QED) is 0.758. The van der Waals surface area contributed by atoms with Crippen LogP contribution in [0.1, 0.15) is 42.1 Å². The number of benzene rings is 1. The average Bonchev–Trinajstić information content (AvgIpc) is 2.54. The summed E-state index contributed by atoms with van der Waals surface area (Å²) < 4.78 is 0. The van der Waals surface area contributed by atoms with Gasteiger partial charge in [0.2, 0.25) is 0 Å². The van der Waals surface area contributed by atoms with Gasteiger partial charge in [0, 0.05) is 18.4 Å². The van der Waals surface area contributed by atoms with Gasteiger partial charge < -0.3 is 10.6 Å². The number of anilines is 2. The fourth-order valence-electron chi connectivity index (χ4n) is 2.18. The van der Waals surface area contributed by atoms with Gasteiger partial charge in [-0.05, 0) is 31.0 Å². The first kappa shape index (κ1) is 16.0. The molecule has 0 fully saturated rings. The van der Waals surface area contributed by atoms with Crippen molar-refractivity contribution in [1.29, 1.82) is 0 Å². The first-order valence-electron chi connectivity index (χ1n) is 7.76. The molecule has 0 bridgehead atoms. The largest absolute Gasteiger partial charge is 0.354 e. The molecule has 0 aliphatic carbocycles. The van der Waals surface area contributed by atoms with Gasteiger partial charge in [0.25, 0.3) is 5.91 Å². The topological polar surface area (TPSA) is 54.0 Å². The van der Waals surface area contributed by atoms with Crippen LogP contribution in [-0.2, 0) is 0 Å². The zero-order valence-electron chi connectivity index (χ0n) is 13.2. The monoisotopic (exact) mass is 297 g/mol. The number of rotatable bonds is 7. The lowest BCUT2D eigenvalue weighted by atomic mass is 10.2. The molecule has 0 radical (unpaired) electrons. The van der Waals surface area contributed by atoms with Crippen LogP contribution in [0.25, 0.3) is 0 Å². The fraction of sp³-hybridized carbons (Fsp3) is 0.333. The molecule has 0 aliphatic heterocycles. The van der Waals surface area contributed by atoms with Gasteiger partial charge in [-0.1, -0.05) is 38.0 Å². The molecule has 4 nitrogen and oxygen atoms in total. The number of carbonyl (C=O) groups is 1. The van der Waals surface area contributed by atoms with E-state index in [0.29, 0.717) is 12.1 Å².